The van der Waals surface area contributed by atoms with Crippen LogP contribution < -0.4 is 21.3 Å². The van der Waals surface area contributed by atoms with Crippen LogP contribution in [0.3, 0.4) is 0 Å². The molecule has 4 rings (SSSR count). The molecule has 1 aromatic carbocycles. The molecule has 3 aromatic rings. The summed E-state index contributed by atoms with van der Waals surface area (Å²) in [5.41, 5.74) is 1.45. The lowest BCUT2D eigenvalue weighted by Crippen LogP contribution is -2.32. The van der Waals surface area contributed by atoms with E-state index >= 15 is 0 Å². The number of hydrogen-bond acceptors (Lipinski definition) is 8. The number of carbonyl (C=O) groups is 2. The average Bonchev–Trinajstić information content (AvgIpc) is 3.56. The molecule has 11 nitrogen and oxygen atoms in total. The molecule has 0 bridgehead atoms. The van der Waals surface area contributed by atoms with Gasteiger partial charge in [-0.3, -0.25) is 4.79 Å². The SMILES string of the molecule is O=C(NCCCNc1nc(Nc2cccc(NC(=O)N3CCCC3)c2)ncc1Br)c1ccno1. The van der Waals surface area contributed by atoms with Crippen molar-refractivity contribution in [2.75, 3.05) is 42.1 Å². The van der Waals surface area contributed by atoms with Crippen molar-refractivity contribution in [3.8, 4) is 0 Å². The van der Waals surface area contributed by atoms with Crippen molar-refractivity contribution >= 4 is 51.0 Å². The number of carbonyl (C=O) groups excluding carboxylic acids is 2. The average molecular weight is 529 g/mol. The maximum atomic E-state index is 12.3. The van der Waals surface area contributed by atoms with E-state index in [1.165, 1.54) is 12.3 Å². The van der Waals surface area contributed by atoms with Crippen LogP contribution in [0.15, 0.2) is 51.7 Å². The first-order chi connectivity index (χ1) is 16.6. The summed E-state index contributed by atoms with van der Waals surface area (Å²) in [4.78, 5) is 34.8. The summed E-state index contributed by atoms with van der Waals surface area (Å²) in [6.45, 7) is 2.64. The number of urea groups is 1. The van der Waals surface area contributed by atoms with E-state index in [1.807, 2.05) is 29.2 Å². The minimum absolute atomic E-state index is 0.0851. The Labute approximate surface area is 204 Å². The zero-order chi connectivity index (χ0) is 23.8. The molecule has 0 atom stereocenters. The summed E-state index contributed by atoms with van der Waals surface area (Å²) < 4.78 is 5.54. The zero-order valence-electron chi connectivity index (χ0n) is 18.4. The summed E-state index contributed by atoms with van der Waals surface area (Å²) >= 11 is 3.45. The Hall–Kier alpha value is -3.67. The number of nitrogens with one attached hydrogen (secondary N) is 4. The van der Waals surface area contributed by atoms with E-state index in [9.17, 15) is 9.59 Å². The van der Waals surface area contributed by atoms with E-state index < -0.39 is 0 Å². The number of hydrogen-bond donors (Lipinski definition) is 4. The van der Waals surface area contributed by atoms with Gasteiger partial charge < -0.3 is 30.7 Å². The van der Waals surface area contributed by atoms with Gasteiger partial charge >= 0.3 is 6.03 Å². The third-order valence-corrected chi connectivity index (χ3v) is 5.68. The number of aromatic nitrogens is 3. The Morgan fingerprint density at radius 2 is 1.94 bits per heavy atom. The molecule has 2 aromatic heterocycles. The normalized spacial score (nSPS) is 12.9. The van der Waals surface area contributed by atoms with E-state index in [1.54, 1.807) is 6.20 Å². The van der Waals surface area contributed by atoms with E-state index in [4.69, 9.17) is 4.52 Å². The van der Waals surface area contributed by atoms with E-state index in [-0.39, 0.29) is 17.7 Å². The van der Waals surface area contributed by atoms with Gasteiger partial charge in [0.2, 0.25) is 11.7 Å². The lowest BCUT2D eigenvalue weighted by molar-refractivity contribution is 0.0916. The van der Waals surface area contributed by atoms with E-state index in [2.05, 4.69) is 52.3 Å². The highest BCUT2D eigenvalue weighted by Crippen LogP contribution is 2.23. The summed E-state index contributed by atoms with van der Waals surface area (Å²) in [6.07, 6.45) is 5.85. The minimum Gasteiger partial charge on any atom is -0.369 e. The minimum atomic E-state index is -0.300. The van der Waals surface area contributed by atoms with Crippen molar-refractivity contribution in [3.63, 3.8) is 0 Å². The van der Waals surface area contributed by atoms with Gasteiger partial charge in [-0.15, -0.1) is 0 Å². The molecule has 0 radical (unpaired) electrons. The molecule has 0 saturated carbocycles. The highest BCUT2D eigenvalue weighted by Gasteiger charge is 2.17. The van der Waals surface area contributed by atoms with Crippen molar-refractivity contribution in [1.82, 2.24) is 25.3 Å². The second kappa shape index (κ2) is 11.5. The molecule has 0 unspecified atom stereocenters. The predicted octanol–water partition coefficient (Wildman–Crippen LogP) is 3.83. The first-order valence-corrected chi connectivity index (χ1v) is 11.8. The standard InChI is InChI=1S/C22H25BrN8O3/c23-17-14-26-21(30-19(17)24-8-4-9-25-20(32)18-7-10-27-34-18)28-15-5-3-6-16(13-15)29-22(33)31-11-1-2-12-31/h3,5-7,10,13-14H,1-2,4,8-9,11-12H2,(H,25,32)(H,29,33)(H2,24,26,28,30). The predicted molar refractivity (Wildman–Crippen MR) is 131 cm³/mol. The number of halogens is 1. The zero-order valence-corrected chi connectivity index (χ0v) is 20.0. The van der Waals surface area contributed by atoms with Gasteiger partial charge in [-0.1, -0.05) is 11.2 Å². The molecule has 178 valence electrons. The van der Waals surface area contributed by atoms with Crippen molar-refractivity contribution < 1.29 is 14.1 Å². The summed E-state index contributed by atoms with van der Waals surface area (Å²) in [7, 11) is 0. The fourth-order valence-electron chi connectivity index (χ4n) is 3.40. The van der Waals surface area contributed by atoms with Gasteiger partial charge in [0.15, 0.2) is 0 Å². The molecular weight excluding hydrogens is 504 g/mol. The Balaban J connectivity index is 1.28. The van der Waals surface area contributed by atoms with Crippen molar-refractivity contribution in [1.29, 1.82) is 0 Å². The number of rotatable bonds is 9. The molecule has 3 amide bonds. The Bertz CT molecular complexity index is 1120. The molecule has 12 heteroatoms. The number of likely N-dealkylation sites (tertiary alicyclic amines) is 1. The number of nitrogens with zero attached hydrogens (tertiary/aromatic N) is 4. The van der Waals surface area contributed by atoms with Gasteiger partial charge in [-0.25, -0.2) is 9.78 Å². The fourth-order valence-corrected chi connectivity index (χ4v) is 3.73. The Morgan fingerprint density at radius 3 is 2.74 bits per heavy atom. The number of anilines is 4. The van der Waals surface area contributed by atoms with Gasteiger partial charge in [0, 0.05) is 49.8 Å². The van der Waals surface area contributed by atoms with Crippen molar-refractivity contribution in [2.24, 2.45) is 0 Å². The Morgan fingerprint density at radius 1 is 1.12 bits per heavy atom. The lowest BCUT2D eigenvalue weighted by Gasteiger charge is -2.16. The van der Waals surface area contributed by atoms with Crippen LogP contribution in [-0.2, 0) is 0 Å². The van der Waals surface area contributed by atoms with Crippen LogP contribution in [0.2, 0.25) is 0 Å². The second-order valence-corrected chi connectivity index (χ2v) is 8.49. The quantitative estimate of drug-likeness (QED) is 0.307. The topological polar surface area (TPSA) is 137 Å². The van der Waals surface area contributed by atoms with Crippen LogP contribution in [0.25, 0.3) is 0 Å². The highest BCUT2D eigenvalue weighted by molar-refractivity contribution is 9.10. The van der Waals surface area contributed by atoms with Crippen LogP contribution >= 0.6 is 15.9 Å². The van der Waals surface area contributed by atoms with Gasteiger partial charge in [0.1, 0.15) is 5.82 Å². The molecule has 1 saturated heterocycles. The maximum absolute atomic E-state index is 12.3. The lowest BCUT2D eigenvalue weighted by atomic mass is 10.3. The molecule has 1 aliphatic rings. The molecule has 34 heavy (non-hydrogen) atoms. The van der Waals surface area contributed by atoms with Gasteiger partial charge in [-0.05, 0) is 53.4 Å². The molecule has 1 fully saturated rings. The Kier molecular flexibility index (Phi) is 7.91. The third-order valence-electron chi connectivity index (χ3n) is 5.10. The van der Waals surface area contributed by atoms with E-state index in [0.717, 1.165) is 36.1 Å². The van der Waals surface area contributed by atoms with Crippen molar-refractivity contribution in [2.45, 2.75) is 19.3 Å². The highest BCUT2D eigenvalue weighted by atomic mass is 79.9. The molecular formula is C22H25BrN8O3. The maximum Gasteiger partial charge on any atom is 0.321 e. The van der Waals surface area contributed by atoms with Crippen LogP contribution in [0.4, 0.5) is 27.9 Å². The van der Waals surface area contributed by atoms with Gasteiger partial charge in [0.25, 0.3) is 5.91 Å². The van der Waals surface area contributed by atoms with E-state index in [0.29, 0.717) is 37.0 Å². The molecule has 0 spiro atoms. The summed E-state index contributed by atoms with van der Waals surface area (Å²) in [5.74, 6) is 0.915. The first-order valence-electron chi connectivity index (χ1n) is 11.0. The van der Waals surface area contributed by atoms with Crippen molar-refractivity contribution in [3.05, 3.63) is 53.0 Å². The molecule has 1 aliphatic heterocycles. The first kappa shape index (κ1) is 23.5. The smallest absolute Gasteiger partial charge is 0.321 e. The van der Waals surface area contributed by atoms with Crippen LogP contribution in [-0.4, -0.2) is 58.1 Å². The molecule has 3 heterocycles. The molecule has 4 N–H and O–H groups in total. The summed E-state index contributed by atoms with van der Waals surface area (Å²) in [6, 6.07) is 8.84. The fraction of sp³-hybridized carbons (Fsp3) is 0.318. The van der Waals surface area contributed by atoms with Gasteiger partial charge in [0.05, 0.1) is 10.7 Å². The third kappa shape index (κ3) is 6.44. The van der Waals surface area contributed by atoms with Crippen LogP contribution in [0.5, 0.6) is 0 Å². The molecule has 0 aliphatic carbocycles. The van der Waals surface area contributed by atoms with Crippen LogP contribution in [0.1, 0.15) is 29.8 Å². The number of benzene rings is 1. The number of amides is 3. The second-order valence-electron chi connectivity index (χ2n) is 7.63. The monoisotopic (exact) mass is 528 g/mol. The summed E-state index contributed by atoms with van der Waals surface area (Å²) in [5, 5.41) is 15.6. The van der Waals surface area contributed by atoms with Gasteiger partial charge in [-0.2, -0.15) is 4.98 Å². The van der Waals surface area contributed by atoms with Crippen LogP contribution in [0, 0.1) is 0 Å². The largest absolute Gasteiger partial charge is 0.369 e.